The smallest absolute Gasteiger partial charge is 0.203 e. The molecular formula is C26H32ClN3O4. The minimum absolute atomic E-state index is 0. The maximum absolute atomic E-state index is 6.51. The number of fused-ring (bicyclic) bond motifs is 1. The standard InChI is InChI=1S/C26H31N3O4.ClH/c1-30-22-12-18(13-23(31-2)26(22)32-3)29-24-14-20-17(15-28-24)6-7-21(25(20)16-4-5-16)33-19-8-10-27-11-9-19;/h6-7,12-16,19,27H,4-5,8-11H2,1-3H3,(H,28,29);1H. The van der Waals surface area contributed by atoms with Gasteiger partial charge in [-0.2, -0.15) is 0 Å². The molecule has 1 aliphatic heterocycles. The minimum atomic E-state index is 0. The van der Waals surface area contributed by atoms with Crippen LogP contribution in [0.2, 0.25) is 0 Å². The quantitative estimate of drug-likeness (QED) is 0.440. The summed E-state index contributed by atoms with van der Waals surface area (Å²) in [7, 11) is 4.82. The lowest BCUT2D eigenvalue weighted by atomic mass is 10.0. The van der Waals surface area contributed by atoms with E-state index in [9.17, 15) is 0 Å². The van der Waals surface area contributed by atoms with Gasteiger partial charge in [-0.1, -0.05) is 0 Å². The summed E-state index contributed by atoms with van der Waals surface area (Å²) in [6.45, 7) is 2.04. The number of benzene rings is 2. The van der Waals surface area contributed by atoms with Crippen LogP contribution in [0.3, 0.4) is 0 Å². The number of aromatic nitrogens is 1. The molecule has 8 heteroatoms. The lowest BCUT2D eigenvalue weighted by Crippen LogP contribution is -2.34. The Morgan fingerprint density at radius 2 is 1.59 bits per heavy atom. The van der Waals surface area contributed by atoms with E-state index in [0.29, 0.717) is 23.2 Å². The molecule has 2 fully saturated rings. The summed E-state index contributed by atoms with van der Waals surface area (Å²) in [4.78, 5) is 4.65. The van der Waals surface area contributed by atoms with Gasteiger partial charge in [-0.15, -0.1) is 12.4 Å². The van der Waals surface area contributed by atoms with Gasteiger partial charge in [0.2, 0.25) is 5.75 Å². The molecule has 1 saturated carbocycles. The van der Waals surface area contributed by atoms with Crippen LogP contribution in [0.4, 0.5) is 11.5 Å². The van der Waals surface area contributed by atoms with Crippen LogP contribution in [0.5, 0.6) is 23.0 Å². The average Bonchev–Trinajstić information content (AvgIpc) is 3.69. The Morgan fingerprint density at radius 1 is 0.882 bits per heavy atom. The zero-order valence-electron chi connectivity index (χ0n) is 19.8. The highest BCUT2D eigenvalue weighted by molar-refractivity contribution is 5.90. The summed E-state index contributed by atoms with van der Waals surface area (Å²) in [6.07, 6.45) is 6.72. The van der Waals surface area contributed by atoms with Gasteiger partial charge >= 0.3 is 0 Å². The third-order valence-electron chi connectivity index (χ3n) is 6.41. The van der Waals surface area contributed by atoms with Crippen molar-refractivity contribution in [3.05, 3.63) is 42.1 Å². The van der Waals surface area contributed by atoms with Crippen molar-refractivity contribution in [2.75, 3.05) is 39.7 Å². The molecular weight excluding hydrogens is 454 g/mol. The number of nitrogens with zero attached hydrogens (tertiary/aromatic N) is 1. The van der Waals surface area contributed by atoms with Crippen LogP contribution in [-0.2, 0) is 0 Å². The first-order chi connectivity index (χ1) is 16.2. The molecule has 0 unspecified atom stereocenters. The molecule has 2 heterocycles. The third-order valence-corrected chi connectivity index (χ3v) is 6.41. The second-order valence-electron chi connectivity index (χ2n) is 8.65. The average molecular weight is 486 g/mol. The van der Waals surface area contributed by atoms with Crippen molar-refractivity contribution in [2.24, 2.45) is 0 Å². The molecule has 1 saturated heterocycles. The summed E-state index contributed by atoms with van der Waals surface area (Å²) in [6, 6.07) is 10.1. The molecule has 0 radical (unpaired) electrons. The van der Waals surface area contributed by atoms with Crippen LogP contribution in [0.1, 0.15) is 37.2 Å². The molecule has 0 atom stereocenters. The Bertz CT molecular complexity index is 1120. The number of anilines is 2. The predicted molar refractivity (Wildman–Crippen MR) is 137 cm³/mol. The number of nitrogens with one attached hydrogen (secondary N) is 2. The molecule has 182 valence electrons. The lowest BCUT2D eigenvalue weighted by Gasteiger charge is -2.25. The monoisotopic (exact) mass is 485 g/mol. The molecule has 2 aliphatic rings. The fourth-order valence-corrected chi connectivity index (χ4v) is 4.58. The van der Waals surface area contributed by atoms with Crippen molar-refractivity contribution >= 4 is 34.7 Å². The second-order valence-corrected chi connectivity index (χ2v) is 8.65. The number of hydrogen-bond acceptors (Lipinski definition) is 7. The zero-order valence-corrected chi connectivity index (χ0v) is 20.7. The Morgan fingerprint density at radius 3 is 2.21 bits per heavy atom. The van der Waals surface area contributed by atoms with Gasteiger partial charge in [0.1, 0.15) is 17.7 Å². The fraction of sp³-hybridized carbons (Fsp3) is 0.423. The summed E-state index contributed by atoms with van der Waals surface area (Å²) in [5.41, 5.74) is 2.13. The number of methoxy groups -OCH3 is 3. The van der Waals surface area contributed by atoms with Gasteiger partial charge < -0.3 is 29.6 Å². The third kappa shape index (κ3) is 4.95. The van der Waals surface area contributed by atoms with E-state index in [1.54, 1.807) is 21.3 Å². The number of ether oxygens (including phenoxy) is 4. The number of halogens is 1. The Hall–Kier alpha value is -2.90. The maximum Gasteiger partial charge on any atom is 0.203 e. The number of rotatable bonds is 8. The Kier molecular flexibility index (Phi) is 7.54. The van der Waals surface area contributed by atoms with Crippen LogP contribution in [-0.4, -0.2) is 45.5 Å². The van der Waals surface area contributed by atoms with Gasteiger partial charge in [-0.25, -0.2) is 4.98 Å². The topological polar surface area (TPSA) is 73.9 Å². The molecule has 34 heavy (non-hydrogen) atoms. The van der Waals surface area contributed by atoms with Crippen LogP contribution >= 0.6 is 12.4 Å². The van der Waals surface area contributed by atoms with Crippen LogP contribution < -0.4 is 29.6 Å². The van der Waals surface area contributed by atoms with E-state index in [0.717, 1.165) is 48.6 Å². The molecule has 5 rings (SSSR count). The Balaban J connectivity index is 0.00000274. The van der Waals surface area contributed by atoms with Gasteiger partial charge in [0, 0.05) is 35.0 Å². The van der Waals surface area contributed by atoms with Crippen LogP contribution in [0.15, 0.2) is 36.5 Å². The van der Waals surface area contributed by atoms with Crippen molar-refractivity contribution < 1.29 is 18.9 Å². The Labute approximate surface area is 206 Å². The van der Waals surface area contributed by atoms with E-state index in [4.69, 9.17) is 18.9 Å². The van der Waals surface area contributed by atoms with E-state index in [-0.39, 0.29) is 18.5 Å². The first-order valence-electron chi connectivity index (χ1n) is 11.6. The van der Waals surface area contributed by atoms with Gasteiger partial charge in [0.25, 0.3) is 0 Å². The summed E-state index contributed by atoms with van der Waals surface area (Å²) >= 11 is 0. The van der Waals surface area contributed by atoms with Crippen LogP contribution in [0.25, 0.3) is 10.8 Å². The largest absolute Gasteiger partial charge is 0.493 e. The molecule has 2 aromatic carbocycles. The summed E-state index contributed by atoms with van der Waals surface area (Å²) in [5, 5.41) is 9.15. The molecule has 0 bridgehead atoms. The molecule has 0 amide bonds. The number of piperidine rings is 1. The van der Waals surface area contributed by atoms with E-state index >= 15 is 0 Å². The summed E-state index contributed by atoms with van der Waals surface area (Å²) in [5.74, 6) is 4.10. The molecule has 3 aromatic rings. The zero-order chi connectivity index (χ0) is 22.8. The molecule has 0 spiro atoms. The van der Waals surface area contributed by atoms with Crippen molar-refractivity contribution in [1.82, 2.24) is 10.3 Å². The minimum Gasteiger partial charge on any atom is -0.493 e. The predicted octanol–water partition coefficient (Wildman–Crippen LogP) is 5.43. The second kappa shape index (κ2) is 10.6. The molecule has 1 aliphatic carbocycles. The maximum atomic E-state index is 6.51. The SMILES string of the molecule is COc1cc(Nc2cc3c(C4CC4)c(OC4CCNCC4)ccc3cn2)cc(OC)c1OC.Cl. The normalized spacial score (nSPS) is 16.0. The van der Waals surface area contributed by atoms with E-state index in [1.807, 2.05) is 18.3 Å². The fourth-order valence-electron chi connectivity index (χ4n) is 4.58. The molecule has 7 nitrogen and oxygen atoms in total. The van der Waals surface area contributed by atoms with Gasteiger partial charge in [0.15, 0.2) is 11.5 Å². The molecule has 2 N–H and O–H groups in total. The highest BCUT2D eigenvalue weighted by Gasteiger charge is 2.30. The van der Waals surface area contributed by atoms with Crippen molar-refractivity contribution in [1.29, 1.82) is 0 Å². The van der Waals surface area contributed by atoms with Crippen molar-refractivity contribution in [3.63, 3.8) is 0 Å². The van der Waals surface area contributed by atoms with Crippen LogP contribution in [0, 0.1) is 0 Å². The first kappa shape index (κ1) is 24.2. The van der Waals surface area contributed by atoms with Gasteiger partial charge in [0.05, 0.1) is 21.3 Å². The van der Waals surface area contributed by atoms with Gasteiger partial charge in [-0.3, -0.25) is 0 Å². The number of hydrogen-bond donors (Lipinski definition) is 2. The molecule has 1 aromatic heterocycles. The number of pyridine rings is 1. The highest BCUT2D eigenvalue weighted by Crippen LogP contribution is 2.48. The summed E-state index contributed by atoms with van der Waals surface area (Å²) < 4.78 is 22.9. The van der Waals surface area contributed by atoms with E-state index < -0.39 is 0 Å². The first-order valence-corrected chi connectivity index (χ1v) is 11.6. The van der Waals surface area contributed by atoms with E-state index in [2.05, 4.69) is 33.8 Å². The highest BCUT2D eigenvalue weighted by atomic mass is 35.5. The van der Waals surface area contributed by atoms with Crippen molar-refractivity contribution in [3.8, 4) is 23.0 Å². The van der Waals surface area contributed by atoms with Crippen molar-refractivity contribution in [2.45, 2.75) is 37.7 Å². The van der Waals surface area contributed by atoms with E-state index in [1.165, 1.54) is 23.8 Å². The lowest BCUT2D eigenvalue weighted by molar-refractivity contribution is 0.161. The van der Waals surface area contributed by atoms with Gasteiger partial charge in [-0.05, 0) is 68.3 Å².